The van der Waals surface area contributed by atoms with Crippen LogP contribution in [0.3, 0.4) is 0 Å². The Morgan fingerprint density at radius 3 is 2.38 bits per heavy atom. The van der Waals surface area contributed by atoms with Gasteiger partial charge in [-0.25, -0.2) is 15.0 Å². The van der Waals surface area contributed by atoms with Crippen LogP contribution < -0.4 is 143 Å². The van der Waals surface area contributed by atoms with Crippen molar-refractivity contribution in [2.75, 3.05) is 12.5 Å². The van der Waals surface area contributed by atoms with E-state index in [0.29, 0.717) is 11.2 Å². The minimum atomic E-state index is -5.10. The summed E-state index contributed by atoms with van der Waals surface area (Å²) in [5.41, 5.74) is 0.778. The molecular weight excluding hydrogens is 533 g/mol. The molecule has 2 aromatic heterocycles. The van der Waals surface area contributed by atoms with Crippen LogP contribution >= 0.6 is 24.9 Å². The Hall–Kier alpha value is 3.44. The van der Waals surface area contributed by atoms with Crippen LogP contribution in [0.25, 0.3) is 11.2 Å². The van der Waals surface area contributed by atoms with Gasteiger partial charge in [0.2, 0.25) is 0 Å². The van der Waals surface area contributed by atoms with Gasteiger partial charge in [0.25, 0.3) is 0 Å². The standard InChI is InChI=1S/C11H15N4O10P3.4Na/c16-8-7(2-23-27(19)25-26(18)5-28(20,21)22)24-11(9(8)17)15-4-14-6-1-12-3-13-10(6)15;;;;/h1,3-4,7-9,11,16-17H,2,5H2,(H2,20,21,22);;;;/q-2;4*+1/p-2/t7-,8-,9-,11-,26?,27?;;;;/m0..../s1. The summed E-state index contributed by atoms with van der Waals surface area (Å²) in [7, 11) is -11.2. The number of fused-ring (bicyclic) bond motifs is 1. The van der Waals surface area contributed by atoms with E-state index in [0.717, 1.165) is 0 Å². The van der Waals surface area contributed by atoms with Crippen molar-refractivity contribution in [1.82, 2.24) is 19.5 Å². The number of aromatic nitrogens is 4. The van der Waals surface area contributed by atoms with Gasteiger partial charge in [-0.05, 0) is 8.38 Å². The van der Waals surface area contributed by atoms with E-state index in [4.69, 9.17) is 9.26 Å². The molecule has 21 heteroatoms. The number of imidazole rings is 1. The molecule has 1 aliphatic heterocycles. The first kappa shape index (κ1) is 37.6. The molecule has 0 aromatic carbocycles. The fourth-order valence-electron chi connectivity index (χ4n) is 2.47. The van der Waals surface area contributed by atoms with Gasteiger partial charge < -0.3 is 48.3 Å². The molecular formula is C11H13N4Na4O10P3. The van der Waals surface area contributed by atoms with E-state index in [-0.39, 0.29) is 118 Å². The number of hydrogen-bond donors (Lipinski definition) is 2. The number of aliphatic hydroxyl groups is 2. The monoisotopic (exact) mass is 546 g/mol. The Balaban J connectivity index is 0. The molecule has 2 aromatic rings. The molecule has 14 nitrogen and oxygen atoms in total. The van der Waals surface area contributed by atoms with Gasteiger partial charge in [0.1, 0.15) is 30.2 Å². The third-order valence-electron chi connectivity index (χ3n) is 3.64. The minimum absolute atomic E-state index is 0. The molecule has 0 aliphatic carbocycles. The molecule has 156 valence electrons. The fraction of sp³-hybridized carbons (Fsp3) is 0.545. The Bertz CT molecular complexity index is 811. The summed E-state index contributed by atoms with van der Waals surface area (Å²) in [6.07, 6.45) is -1.02. The van der Waals surface area contributed by atoms with Crippen LogP contribution in [0.2, 0.25) is 0 Å². The van der Waals surface area contributed by atoms with Crippen LogP contribution in [0.4, 0.5) is 0 Å². The maximum absolute atomic E-state index is 11.6. The van der Waals surface area contributed by atoms with Crippen molar-refractivity contribution in [1.29, 1.82) is 0 Å². The average Bonchev–Trinajstić information content (AvgIpc) is 3.14. The molecule has 3 rings (SSSR count). The molecule has 0 spiro atoms. The number of nitrogens with zero attached hydrogens (tertiary/aromatic N) is 4. The van der Waals surface area contributed by atoms with E-state index < -0.39 is 62.0 Å². The smallest absolute Gasteiger partial charge is 0.805 e. The quantitative estimate of drug-likeness (QED) is 0.232. The molecule has 32 heavy (non-hydrogen) atoms. The van der Waals surface area contributed by atoms with Crippen molar-refractivity contribution >= 4 is 36.1 Å². The van der Waals surface area contributed by atoms with Gasteiger partial charge in [0.15, 0.2) is 11.9 Å². The summed E-state index contributed by atoms with van der Waals surface area (Å²) in [6, 6.07) is 0. The van der Waals surface area contributed by atoms with E-state index >= 15 is 0 Å². The Labute approximate surface area is 274 Å². The van der Waals surface area contributed by atoms with Crippen molar-refractivity contribution < 1.29 is 166 Å². The normalized spacial score (nSPS) is 24.5. The molecule has 2 N–H and O–H groups in total. The average molecular weight is 546 g/mol. The van der Waals surface area contributed by atoms with Crippen LogP contribution in [-0.4, -0.2) is 60.6 Å². The Morgan fingerprint density at radius 1 is 1.09 bits per heavy atom. The molecule has 0 radical (unpaired) electrons. The third kappa shape index (κ3) is 10.7. The first-order valence-corrected chi connectivity index (χ1v) is 11.7. The molecule has 0 bridgehead atoms. The maximum Gasteiger partial charge on any atom is 1.00 e. The Kier molecular flexibility index (Phi) is 20.1. The summed E-state index contributed by atoms with van der Waals surface area (Å²) in [5, 5.41) is 20.3. The van der Waals surface area contributed by atoms with Gasteiger partial charge in [-0.1, -0.05) is 0 Å². The summed E-state index contributed by atoms with van der Waals surface area (Å²) >= 11 is 0. The fourth-order valence-corrected chi connectivity index (χ4v) is 5.32. The zero-order chi connectivity index (χ0) is 20.5. The SMILES string of the molecule is [Na+].[Na+].[Na+].[Na+].[O-]P(C[P+]([O-])([O-])[O-])OP([O-])OC[C@@H]1O[C@H](n2cnc3cncnc32)[C@@H](O)[C@H]1O. The van der Waals surface area contributed by atoms with Gasteiger partial charge in [0, 0.05) is 0 Å². The van der Waals surface area contributed by atoms with Gasteiger partial charge in [0.05, 0.1) is 33.6 Å². The van der Waals surface area contributed by atoms with Crippen molar-refractivity contribution in [3.05, 3.63) is 18.9 Å². The number of hydrogen-bond acceptors (Lipinski definition) is 13. The first-order chi connectivity index (χ1) is 13.2. The molecule has 1 fully saturated rings. The van der Waals surface area contributed by atoms with E-state index in [1.54, 1.807) is 0 Å². The molecule has 2 unspecified atom stereocenters. The second kappa shape index (κ2) is 17.1. The third-order valence-corrected chi connectivity index (χ3v) is 7.57. The van der Waals surface area contributed by atoms with E-state index in [9.17, 15) is 34.7 Å². The largest absolute Gasteiger partial charge is 1.00 e. The first-order valence-electron chi connectivity index (χ1n) is 7.54. The molecule has 6 atom stereocenters. The topological polar surface area (TPSA) is 227 Å². The molecule has 1 aliphatic rings. The molecule has 3 heterocycles. The number of ether oxygens (including phenoxy) is 1. The van der Waals surface area contributed by atoms with E-state index in [1.807, 2.05) is 0 Å². The van der Waals surface area contributed by atoms with Gasteiger partial charge in [-0.2, -0.15) is 7.94 Å². The minimum Gasteiger partial charge on any atom is -0.805 e. The van der Waals surface area contributed by atoms with Gasteiger partial charge in [-0.3, -0.25) is 4.57 Å². The van der Waals surface area contributed by atoms with E-state index in [2.05, 4.69) is 19.3 Å². The van der Waals surface area contributed by atoms with Gasteiger partial charge >= 0.3 is 118 Å². The summed E-state index contributed by atoms with van der Waals surface area (Å²) in [4.78, 5) is 66.2. The van der Waals surface area contributed by atoms with Crippen LogP contribution in [0.5, 0.6) is 0 Å². The van der Waals surface area contributed by atoms with Crippen molar-refractivity contribution in [2.24, 2.45) is 0 Å². The van der Waals surface area contributed by atoms with Crippen molar-refractivity contribution in [3.8, 4) is 0 Å². The zero-order valence-electron chi connectivity index (χ0n) is 17.7. The summed E-state index contributed by atoms with van der Waals surface area (Å²) in [5.74, 6) is -1.33. The Morgan fingerprint density at radius 2 is 1.75 bits per heavy atom. The van der Waals surface area contributed by atoms with Crippen LogP contribution in [0.1, 0.15) is 6.23 Å². The zero-order valence-corrected chi connectivity index (χ0v) is 28.4. The predicted molar refractivity (Wildman–Crippen MR) is 83.9 cm³/mol. The molecule has 0 amide bonds. The number of rotatable bonds is 8. The number of aliphatic hydroxyl groups excluding tert-OH is 2. The van der Waals surface area contributed by atoms with Crippen LogP contribution in [0, 0.1) is 0 Å². The maximum atomic E-state index is 11.6. The summed E-state index contributed by atoms with van der Waals surface area (Å²) in [6.45, 7) is -0.541. The van der Waals surface area contributed by atoms with Gasteiger partial charge in [-0.15, -0.1) is 0 Å². The summed E-state index contributed by atoms with van der Waals surface area (Å²) < 4.78 is 15.9. The van der Waals surface area contributed by atoms with Crippen LogP contribution in [0.15, 0.2) is 18.9 Å². The van der Waals surface area contributed by atoms with Crippen LogP contribution in [-0.2, 0) is 13.6 Å². The molecule has 1 saturated heterocycles. The second-order valence-corrected chi connectivity index (χ2v) is 9.99. The van der Waals surface area contributed by atoms with E-state index in [1.165, 1.54) is 23.4 Å². The molecule has 0 saturated carbocycles. The van der Waals surface area contributed by atoms with Crippen molar-refractivity contribution in [2.45, 2.75) is 24.5 Å². The predicted octanol–water partition coefficient (Wildman–Crippen LogP) is -16.4. The second-order valence-electron chi connectivity index (χ2n) is 5.62. The van der Waals surface area contributed by atoms with Crippen molar-refractivity contribution in [3.63, 3.8) is 0 Å².